The first-order chi connectivity index (χ1) is 11.5. The SMILES string of the molecule is COc1cc(N2CC[C@@H](c3ccc(Br)cc3)[C@@H](F)C2)c(F)cc1N. The predicted molar refractivity (Wildman–Crippen MR) is 96.0 cm³/mol. The average molecular weight is 397 g/mol. The highest BCUT2D eigenvalue weighted by molar-refractivity contribution is 9.10. The van der Waals surface area contributed by atoms with Crippen molar-refractivity contribution in [3.05, 3.63) is 52.3 Å². The van der Waals surface area contributed by atoms with E-state index >= 15 is 0 Å². The molecule has 0 aliphatic carbocycles. The number of ether oxygens (including phenoxy) is 1. The van der Waals surface area contributed by atoms with Gasteiger partial charge in [0.2, 0.25) is 0 Å². The quantitative estimate of drug-likeness (QED) is 0.775. The van der Waals surface area contributed by atoms with Crippen molar-refractivity contribution in [3.63, 3.8) is 0 Å². The highest BCUT2D eigenvalue weighted by Gasteiger charge is 2.31. The molecule has 2 aromatic rings. The second-order valence-electron chi connectivity index (χ2n) is 5.95. The van der Waals surface area contributed by atoms with Crippen LogP contribution in [0.5, 0.6) is 5.75 Å². The molecule has 0 amide bonds. The fourth-order valence-corrected chi connectivity index (χ4v) is 3.45. The highest BCUT2D eigenvalue weighted by atomic mass is 79.9. The summed E-state index contributed by atoms with van der Waals surface area (Å²) in [6.45, 7) is 0.718. The molecular weight excluding hydrogens is 378 g/mol. The average Bonchev–Trinajstić information content (AvgIpc) is 2.56. The van der Waals surface area contributed by atoms with E-state index in [0.29, 0.717) is 24.4 Å². The van der Waals surface area contributed by atoms with Gasteiger partial charge in [0.15, 0.2) is 0 Å². The van der Waals surface area contributed by atoms with Crippen LogP contribution in [0.15, 0.2) is 40.9 Å². The lowest BCUT2D eigenvalue weighted by Crippen LogP contribution is -2.41. The number of rotatable bonds is 3. The Labute approximate surface area is 148 Å². The molecule has 0 unspecified atom stereocenters. The van der Waals surface area contributed by atoms with Crippen molar-refractivity contribution in [2.75, 3.05) is 30.8 Å². The summed E-state index contributed by atoms with van der Waals surface area (Å²) in [5.74, 6) is -0.229. The van der Waals surface area contributed by atoms with Gasteiger partial charge in [0, 0.05) is 35.6 Å². The van der Waals surface area contributed by atoms with Crippen LogP contribution in [0.4, 0.5) is 20.2 Å². The standard InChI is InChI=1S/C18H19BrF2N2O/c1-24-18-9-17(14(20)8-16(18)22)23-7-6-13(15(21)10-23)11-2-4-12(19)5-3-11/h2-5,8-9,13,15H,6-7,10,22H2,1H3/t13-,15-/m0/s1. The van der Waals surface area contributed by atoms with Gasteiger partial charge >= 0.3 is 0 Å². The fraction of sp³-hybridized carbons (Fsp3) is 0.333. The van der Waals surface area contributed by atoms with Crippen molar-refractivity contribution in [3.8, 4) is 5.75 Å². The Kier molecular flexibility index (Phi) is 4.94. The molecule has 1 heterocycles. The number of methoxy groups -OCH3 is 1. The van der Waals surface area contributed by atoms with Gasteiger partial charge in [-0.2, -0.15) is 0 Å². The molecule has 1 aliphatic rings. The molecule has 0 bridgehead atoms. The van der Waals surface area contributed by atoms with Crippen molar-refractivity contribution in [1.82, 2.24) is 0 Å². The first-order valence-corrected chi connectivity index (χ1v) is 8.56. The topological polar surface area (TPSA) is 38.5 Å². The number of nitrogens with two attached hydrogens (primary N) is 1. The molecule has 24 heavy (non-hydrogen) atoms. The number of nitrogens with zero attached hydrogens (tertiary/aromatic N) is 1. The fourth-order valence-electron chi connectivity index (χ4n) is 3.19. The number of halogens is 3. The largest absolute Gasteiger partial charge is 0.495 e. The summed E-state index contributed by atoms with van der Waals surface area (Å²) in [6.07, 6.45) is -0.447. The molecule has 1 saturated heterocycles. The molecule has 6 heteroatoms. The molecule has 2 aromatic carbocycles. The molecule has 0 radical (unpaired) electrons. The molecule has 3 nitrogen and oxygen atoms in total. The summed E-state index contributed by atoms with van der Waals surface area (Å²) < 4.78 is 35.1. The van der Waals surface area contributed by atoms with Gasteiger partial charge in [0.25, 0.3) is 0 Å². The van der Waals surface area contributed by atoms with E-state index in [1.165, 1.54) is 19.2 Å². The van der Waals surface area contributed by atoms with Gasteiger partial charge in [-0.15, -0.1) is 0 Å². The van der Waals surface area contributed by atoms with Crippen molar-refractivity contribution < 1.29 is 13.5 Å². The molecule has 1 fully saturated rings. The third kappa shape index (κ3) is 3.34. The summed E-state index contributed by atoms with van der Waals surface area (Å²) >= 11 is 3.39. The second-order valence-corrected chi connectivity index (χ2v) is 6.87. The Hall–Kier alpha value is -1.82. The zero-order chi connectivity index (χ0) is 17.3. The smallest absolute Gasteiger partial charge is 0.148 e. The number of alkyl halides is 1. The first-order valence-electron chi connectivity index (χ1n) is 7.77. The number of hydrogen-bond acceptors (Lipinski definition) is 3. The van der Waals surface area contributed by atoms with Gasteiger partial charge in [-0.3, -0.25) is 0 Å². The van der Waals surface area contributed by atoms with Crippen LogP contribution in [0.3, 0.4) is 0 Å². The van der Waals surface area contributed by atoms with E-state index in [1.54, 1.807) is 4.90 Å². The minimum Gasteiger partial charge on any atom is -0.495 e. The maximum atomic E-state index is 14.7. The van der Waals surface area contributed by atoms with Crippen LogP contribution in [0, 0.1) is 5.82 Å². The maximum absolute atomic E-state index is 14.7. The number of piperidine rings is 1. The molecule has 0 saturated carbocycles. The summed E-state index contributed by atoms with van der Waals surface area (Å²) in [7, 11) is 1.48. The minimum atomic E-state index is -1.07. The molecule has 128 valence electrons. The van der Waals surface area contributed by atoms with Crippen LogP contribution in [-0.4, -0.2) is 26.4 Å². The Balaban J connectivity index is 1.79. The van der Waals surface area contributed by atoms with Crippen molar-refractivity contribution in [2.45, 2.75) is 18.5 Å². The van der Waals surface area contributed by atoms with E-state index in [2.05, 4.69) is 15.9 Å². The third-order valence-electron chi connectivity index (χ3n) is 4.48. The van der Waals surface area contributed by atoms with Crippen molar-refractivity contribution >= 4 is 27.3 Å². The van der Waals surface area contributed by atoms with E-state index < -0.39 is 12.0 Å². The number of anilines is 2. The predicted octanol–water partition coefficient (Wildman–Crippen LogP) is 4.51. The van der Waals surface area contributed by atoms with Crippen LogP contribution < -0.4 is 15.4 Å². The number of benzene rings is 2. The summed E-state index contributed by atoms with van der Waals surface area (Å²) in [5.41, 5.74) is 7.25. The van der Waals surface area contributed by atoms with Crippen LogP contribution in [-0.2, 0) is 0 Å². The van der Waals surface area contributed by atoms with Gasteiger partial charge in [0.05, 0.1) is 18.5 Å². The molecule has 2 N–H and O–H groups in total. The Morgan fingerprint density at radius 2 is 1.96 bits per heavy atom. The van der Waals surface area contributed by atoms with E-state index in [-0.39, 0.29) is 18.2 Å². The summed E-state index contributed by atoms with van der Waals surface area (Å²) in [4.78, 5) is 1.72. The lowest BCUT2D eigenvalue weighted by atomic mass is 9.88. The van der Waals surface area contributed by atoms with Crippen molar-refractivity contribution in [2.24, 2.45) is 0 Å². The molecular formula is C18H19BrF2N2O. The molecule has 0 aromatic heterocycles. The van der Waals surface area contributed by atoms with Gasteiger partial charge in [-0.05, 0) is 24.1 Å². The minimum absolute atomic E-state index is 0.144. The molecule has 0 spiro atoms. The lowest BCUT2D eigenvalue weighted by molar-refractivity contribution is 0.249. The van der Waals surface area contributed by atoms with E-state index in [1.807, 2.05) is 24.3 Å². The van der Waals surface area contributed by atoms with Gasteiger partial charge in [0.1, 0.15) is 17.7 Å². The van der Waals surface area contributed by atoms with E-state index in [9.17, 15) is 8.78 Å². The van der Waals surface area contributed by atoms with Crippen LogP contribution in [0.25, 0.3) is 0 Å². The summed E-state index contributed by atoms with van der Waals surface area (Å²) in [6, 6.07) is 10.5. The number of hydrogen-bond donors (Lipinski definition) is 1. The Morgan fingerprint density at radius 1 is 1.25 bits per heavy atom. The van der Waals surface area contributed by atoms with Gasteiger partial charge < -0.3 is 15.4 Å². The molecule has 1 aliphatic heterocycles. The molecule has 2 atom stereocenters. The van der Waals surface area contributed by atoms with E-state index in [4.69, 9.17) is 10.5 Å². The number of nitrogen functional groups attached to an aromatic ring is 1. The van der Waals surface area contributed by atoms with Gasteiger partial charge in [-0.25, -0.2) is 8.78 Å². The Bertz CT molecular complexity index is 724. The van der Waals surface area contributed by atoms with Crippen LogP contribution in [0.1, 0.15) is 17.9 Å². The van der Waals surface area contributed by atoms with Crippen LogP contribution in [0.2, 0.25) is 0 Å². The third-order valence-corrected chi connectivity index (χ3v) is 5.01. The van der Waals surface area contributed by atoms with Crippen LogP contribution >= 0.6 is 15.9 Å². The highest BCUT2D eigenvalue weighted by Crippen LogP contribution is 2.36. The zero-order valence-corrected chi connectivity index (χ0v) is 14.9. The van der Waals surface area contributed by atoms with E-state index in [0.717, 1.165) is 10.0 Å². The lowest BCUT2D eigenvalue weighted by Gasteiger charge is -2.36. The maximum Gasteiger partial charge on any atom is 0.148 e. The zero-order valence-electron chi connectivity index (χ0n) is 13.3. The normalized spacial score (nSPS) is 20.9. The molecule has 3 rings (SSSR count). The monoisotopic (exact) mass is 396 g/mol. The first kappa shape index (κ1) is 17.0. The van der Waals surface area contributed by atoms with Crippen molar-refractivity contribution in [1.29, 1.82) is 0 Å². The second kappa shape index (κ2) is 6.97. The van der Waals surface area contributed by atoms with Gasteiger partial charge in [-0.1, -0.05) is 28.1 Å². The Morgan fingerprint density at radius 3 is 2.58 bits per heavy atom. The summed E-state index contributed by atoms with van der Waals surface area (Å²) in [5, 5.41) is 0.